The van der Waals surface area contributed by atoms with E-state index in [1.165, 1.54) is 21.9 Å². The third-order valence-corrected chi connectivity index (χ3v) is 11.4. The summed E-state index contributed by atoms with van der Waals surface area (Å²) in [7, 11) is 0. The van der Waals surface area contributed by atoms with Gasteiger partial charge in [-0.1, -0.05) is 200 Å². The maximum absolute atomic E-state index is 9.17. The van der Waals surface area contributed by atoms with Gasteiger partial charge in [0.05, 0.1) is 13.9 Å². The first-order valence-electron chi connectivity index (χ1n) is 22.8. The standard InChI is InChI=1S/C58H39N/c1-3-18-43(19-4-1)57-54-29-12-11-28-52(54)53-37-34-45(39-55(53)58(57)44-20-5-2-6-21-44)40-32-35-47(36-33-40)59(56-31-15-23-42-17-8-10-27-51(42)56)48-25-13-24-46(38-48)50-30-14-22-41-16-7-9-26-49(41)50/h1-39H/i8D,10D,15D,17D,23D,27D. The van der Waals surface area contributed by atoms with Crippen LogP contribution in [0.2, 0.25) is 0 Å². The van der Waals surface area contributed by atoms with Gasteiger partial charge in [0, 0.05) is 16.8 Å². The molecule has 0 saturated carbocycles. The molecule has 59 heavy (non-hydrogen) atoms. The molecule has 0 fully saturated rings. The quantitative estimate of drug-likeness (QED) is 0.146. The van der Waals surface area contributed by atoms with Gasteiger partial charge in [0.1, 0.15) is 0 Å². The van der Waals surface area contributed by atoms with E-state index >= 15 is 0 Å². The lowest BCUT2D eigenvalue weighted by molar-refractivity contribution is 1.30. The fourth-order valence-electron chi connectivity index (χ4n) is 8.72. The SMILES string of the molecule is [2H]c1cc(N(c2ccc(-c3ccc4c(c3)c(-c3ccccc3)c(-c3ccccc3)c3ccccc34)cc2)c2cccc(-c3cccc4ccccc34)c2)c2c([2H])c([2H])c([2H])c([2H])c2c1[2H]. The van der Waals surface area contributed by atoms with E-state index in [0.717, 1.165) is 66.3 Å². The van der Waals surface area contributed by atoms with E-state index in [1.807, 2.05) is 47.4 Å². The zero-order chi connectivity index (χ0) is 44.3. The van der Waals surface area contributed by atoms with Gasteiger partial charge in [0.25, 0.3) is 0 Å². The molecule has 0 unspecified atom stereocenters. The Morgan fingerprint density at radius 3 is 1.69 bits per heavy atom. The highest BCUT2D eigenvalue weighted by atomic mass is 15.1. The van der Waals surface area contributed by atoms with Crippen molar-refractivity contribution in [2.45, 2.75) is 0 Å². The van der Waals surface area contributed by atoms with E-state index in [1.54, 1.807) is 6.07 Å². The van der Waals surface area contributed by atoms with Crippen molar-refractivity contribution in [2.75, 3.05) is 4.90 Å². The van der Waals surface area contributed by atoms with Crippen molar-refractivity contribution < 1.29 is 8.22 Å². The summed E-state index contributed by atoms with van der Waals surface area (Å²) in [4.78, 5) is 1.95. The Labute approximate surface area is 353 Å². The Kier molecular flexibility index (Phi) is 7.10. The molecule has 1 heteroatoms. The lowest BCUT2D eigenvalue weighted by atomic mass is 9.84. The van der Waals surface area contributed by atoms with Crippen LogP contribution in [-0.2, 0) is 0 Å². The number of rotatable bonds is 7. The van der Waals surface area contributed by atoms with Crippen molar-refractivity contribution in [3.63, 3.8) is 0 Å². The van der Waals surface area contributed by atoms with E-state index in [2.05, 4.69) is 152 Å². The van der Waals surface area contributed by atoms with Gasteiger partial charge in [-0.05, 0) is 119 Å². The number of fused-ring (bicyclic) bond motifs is 5. The summed E-state index contributed by atoms with van der Waals surface area (Å²) in [5, 5.41) is 7.09. The summed E-state index contributed by atoms with van der Waals surface area (Å²) in [5.41, 5.74) is 10.5. The van der Waals surface area contributed by atoms with E-state index in [0.29, 0.717) is 5.69 Å². The first-order chi connectivity index (χ1) is 31.8. The first-order valence-corrected chi connectivity index (χ1v) is 19.8. The molecule has 11 aromatic rings. The minimum Gasteiger partial charge on any atom is -0.310 e. The van der Waals surface area contributed by atoms with Crippen LogP contribution in [0, 0.1) is 0 Å². The lowest BCUT2D eigenvalue weighted by Crippen LogP contribution is -2.10. The molecular formula is C58H39N. The highest BCUT2D eigenvalue weighted by Crippen LogP contribution is 2.46. The number of hydrogen-bond acceptors (Lipinski definition) is 1. The second-order valence-electron chi connectivity index (χ2n) is 14.8. The Bertz CT molecular complexity index is 3660. The van der Waals surface area contributed by atoms with Crippen molar-refractivity contribution in [2.24, 2.45) is 0 Å². The summed E-state index contributed by atoms with van der Waals surface area (Å²) in [6, 6.07) is 67.1. The molecule has 0 aromatic heterocycles. The van der Waals surface area contributed by atoms with E-state index in [4.69, 9.17) is 8.22 Å². The topological polar surface area (TPSA) is 3.24 Å². The lowest BCUT2D eigenvalue weighted by Gasteiger charge is -2.27. The van der Waals surface area contributed by atoms with Gasteiger partial charge < -0.3 is 4.90 Å². The Morgan fingerprint density at radius 2 is 0.898 bits per heavy atom. The molecule has 0 saturated heterocycles. The summed E-state index contributed by atoms with van der Waals surface area (Å²) >= 11 is 0. The molecule has 0 spiro atoms. The zero-order valence-electron chi connectivity index (χ0n) is 38.0. The smallest absolute Gasteiger partial charge is 0.0630 e. The monoisotopic (exact) mass is 755 g/mol. The molecule has 0 aliphatic heterocycles. The Hall–Kier alpha value is -7.74. The average molecular weight is 756 g/mol. The molecule has 11 aromatic carbocycles. The van der Waals surface area contributed by atoms with Crippen LogP contribution in [0.1, 0.15) is 8.22 Å². The predicted octanol–water partition coefficient (Wildman–Crippen LogP) is 16.4. The normalized spacial score (nSPS) is 12.8. The Morgan fingerprint density at radius 1 is 0.305 bits per heavy atom. The van der Waals surface area contributed by atoms with E-state index in [9.17, 15) is 0 Å². The Balaban J connectivity index is 1.12. The molecule has 0 radical (unpaired) electrons. The van der Waals surface area contributed by atoms with Crippen LogP contribution in [0.3, 0.4) is 0 Å². The molecule has 0 heterocycles. The van der Waals surface area contributed by atoms with Crippen LogP contribution in [0.25, 0.3) is 87.6 Å². The maximum Gasteiger partial charge on any atom is 0.0630 e. The highest BCUT2D eigenvalue weighted by molar-refractivity contribution is 6.22. The number of nitrogens with zero attached hydrogens (tertiary/aromatic N) is 1. The van der Waals surface area contributed by atoms with Gasteiger partial charge in [-0.2, -0.15) is 0 Å². The molecule has 0 aliphatic carbocycles. The van der Waals surface area contributed by atoms with Gasteiger partial charge in [-0.15, -0.1) is 0 Å². The number of anilines is 3. The zero-order valence-corrected chi connectivity index (χ0v) is 32.0. The third-order valence-electron chi connectivity index (χ3n) is 11.4. The van der Waals surface area contributed by atoms with E-state index < -0.39 is 12.1 Å². The van der Waals surface area contributed by atoms with Crippen LogP contribution in [0.4, 0.5) is 17.1 Å². The molecular weight excluding hydrogens is 711 g/mol. The van der Waals surface area contributed by atoms with Crippen LogP contribution in [0.5, 0.6) is 0 Å². The van der Waals surface area contributed by atoms with Crippen molar-refractivity contribution in [1.29, 1.82) is 0 Å². The average Bonchev–Trinajstić information content (AvgIpc) is 3.36. The van der Waals surface area contributed by atoms with Gasteiger partial charge in [0.15, 0.2) is 0 Å². The van der Waals surface area contributed by atoms with Crippen molar-refractivity contribution in [1.82, 2.24) is 0 Å². The minimum atomic E-state index is -0.434. The summed E-state index contributed by atoms with van der Waals surface area (Å²) in [6.45, 7) is 0. The highest BCUT2D eigenvalue weighted by Gasteiger charge is 2.20. The van der Waals surface area contributed by atoms with Crippen LogP contribution in [-0.4, -0.2) is 0 Å². The molecule has 0 atom stereocenters. The van der Waals surface area contributed by atoms with Crippen molar-refractivity contribution in [3.05, 3.63) is 236 Å². The van der Waals surface area contributed by atoms with Gasteiger partial charge in [0.2, 0.25) is 0 Å². The van der Waals surface area contributed by atoms with Crippen LogP contribution >= 0.6 is 0 Å². The van der Waals surface area contributed by atoms with Gasteiger partial charge in [-0.25, -0.2) is 0 Å². The summed E-state index contributed by atoms with van der Waals surface area (Å²) in [6.07, 6.45) is 0. The fraction of sp³-hybridized carbons (Fsp3) is 0. The molecule has 0 amide bonds. The summed E-state index contributed by atoms with van der Waals surface area (Å²) in [5.74, 6) is 0. The predicted molar refractivity (Wildman–Crippen MR) is 253 cm³/mol. The largest absolute Gasteiger partial charge is 0.310 e. The molecule has 0 bridgehead atoms. The van der Waals surface area contributed by atoms with Crippen LogP contribution in [0.15, 0.2) is 236 Å². The maximum atomic E-state index is 9.17. The second kappa shape index (κ2) is 14.6. The third kappa shape index (κ3) is 6.12. The van der Waals surface area contributed by atoms with Crippen LogP contribution < -0.4 is 4.90 Å². The molecule has 11 rings (SSSR count). The van der Waals surface area contributed by atoms with Gasteiger partial charge in [-0.3, -0.25) is 0 Å². The van der Waals surface area contributed by atoms with Crippen molar-refractivity contribution >= 4 is 60.2 Å². The minimum absolute atomic E-state index is 0.0121. The second-order valence-corrected chi connectivity index (χ2v) is 14.8. The first kappa shape index (κ1) is 28.6. The summed E-state index contributed by atoms with van der Waals surface area (Å²) < 4.78 is 53.1. The van der Waals surface area contributed by atoms with E-state index in [-0.39, 0.29) is 34.9 Å². The van der Waals surface area contributed by atoms with Crippen molar-refractivity contribution in [3.8, 4) is 44.5 Å². The number of hydrogen-bond donors (Lipinski definition) is 0. The van der Waals surface area contributed by atoms with Gasteiger partial charge >= 0.3 is 0 Å². The number of benzene rings is 11. The molecule has 1 nitrogen and oxygen atoms in total. The molecule has 0 N–H and O–H groups in total. The molecule has 276 valence electrons. The molecule has 0 aliphatic rings. The fourth-order valence-corrected chi connectivity index (χ4v) is 8.72.